The van der Waals surface area contributed by atoms with Crippen molar-refractivity contribution in [1.29, 1.82) is 0 Å². The predicted octanol–water partition coefficient (Wildman–Crippen LogP) is 1.11. The van der Waals surface area contributed by atoms with Crippen LogP contribution in [0.4, 0.5) is 0 Å². The Hall–Kier alpha value is 0.225. The number of nitrogens with zero attached hydrogens (tertiary/aromatic N) is 2. The van der Waals surface area contributed by atoms with Gasteiger partial charge in [-0.2, -0.15) is 0 Å². The minimum absolute atomic E-state index is 0. The summed E-state index contributed by atoms with van der Waals surface area (Å²) in [6, 6.07) is 0. The lowest BCUT2D eigenvalue weighted by atomic mass is 10.2. The first-order valence-corrected chi connectivity index (χ1v) is 6.84. The van der Waals surface area contributed by atoms with Gasteiger partial charge < -0.3 is 20.0 Å². The van der Waals surface area contributed by atoms with Crippen LogP contribution in [0.5, 0.6) is 0 Å². The number of allylic oxidation sites excluding steroid dienone is 2. The predicted molar refractivity (Wildman–Crippen MR) is 92.2 cm³/mol. The van der Waals surface area contributed by atoms with Gasteiger partial charge >= 0.3 is 0 Å². The fourth-order valence-electron chi connectivity index (χ4n) is 1.12. The molecule has 0 aromatic rings. The van der Waals surface area contributed by atoms with Crippen LogP contribution in [0.3, 0.4) is 0 Å². The minimum Gasteiger partial charge on any atom is -0.389 e. The van der Waals surface area contributed by atoms with Crippen LogP contribution in [-0.2, 0) is 0 Å². The van der Waals surface area contributed by atoms with Crippen molar-refractivity contribution in [2.75, 3.05) is 53.0 Å². The normalized spacial score (nSPS) is 13.3. The zero-order valence-corrected chi connectivity index (χ0v) is 13.8. The van der Waals surface area contributed by atoms with Crippen LogP contribution in [0, 0.1) is 0 Å². The maximum Gasteiger partial charge on any atom is 0.0937 e. The molecule has 7 heteroatoms. The fraction of sp³-hybridized carbons (Fsp3) is 0.846. The van der Waals surface area contributed by atoms with Crippen LogP contribution < -0.4 is 0 Å². The highest BCUT2D eigenvalue weighted by molar-refractivity contribution is 6.20. The summed E-state index contributed by atoms with van der Waals surface area (Å²) >= 11 is 10.5. The van der Waals surface area contributed by atoms with Crippen LogP contribution in [0.2, 0.25) is 0 Å². The van der Waals surface area contributed by atoms with E-state index in [0.29, 0.717) is 24.8 Å². The van der Waals surface area contributed by atoms with Crippen molar-refractivity contribution in [1.82, 2.24) is 9.80 Å². The maximum atomic E-state index is 9.42. The number of alkyl halides is 2. The number of halogens is 2. The van der Waals surface area contributed by atoms with Crippen LogP contribution in [0.15, 0.2) is 12.2 Å². The Morgan fingerprint density at radius 1 is 0.850 bits per heavy atom. The third kappa shape index (κ3) is 23.3. The van der Waals surface area contributed by atoms with Crippen LogP contribution in [0.25, 0.3) is 0 Å². The quantitative estimate of drug-likeness (QED) is 0.418. The van der Waals surface area contributed by atoms with E-state index in [1.165, 1.54) is 0 Å². The van der Waals surface area contributed by atoms with E-state index in [-0.39, 0.29) is 15.8 Å². The van der Waals surface area contributed by atoms with Gasteiger partial charge in [0.15, 0.2) is 0 Å². The molecule has 3 radical (unpaired) electrons. The molecule has 121 valence electrons. The number of likely N-dealkylation sites (N-methyl/N-ethyl adjacent to an activating group) is 2. The molecule has 0 aliphatic carbocycles. The highest BCUT2D eigenvalue weighted by atomic mass is 35.5. The van der Waals surface area contributed by atoms with Crippen molar-refractivity contribution in [3.8, 4) is 0 Å². The van der Waals surface area contributed by atoms with E-state index in [1.807, 2.05) is 50.1 Å². The van der Waals surface area contributed by atoms with Gasteiger partial charge in [0.05, 0.1) is 12.2 Å². The Kier molecular flexibility index (Phi) is 27.3. The molecule has 0 fully saturated rings. The molecule has 0 heterocycles. The highest BCUT2D eigenvalue weighted by Crippen LogP contribution is 1.96. The van der Waals surface area contributed by atoms with Crippen LogP contribution in [-0.4, -0.2) is 93.7 Å². The molecular weight excluding hydrogens is 298 g/mol. The first-order chi connectivity index (χ1) is 8.34. The molecule has 0 rings (SSSR count). The van der Waals surface area contributed by atoms with Crippen molar-refractivity contribution in [2.45, 2.75) is 19.6 Å². The first kappa shape index (κ1) is 28.4. The summed E-state index contributed by atoms with van der Waals surface area (Å²) in [5, 5.41) is 18.8. The Morgan fingerprint density at radius 2 is 1.10 bits per heavy atom. The van der Waals surface area contributed by atoms with Gasteiger partial charge in [-0.3, -0.25) is 0 Å². The zero-order chi connectivity index (χ0) is 14.6. The van der Waals surface area contributed by atoms with Crippen LogP contribution >= 0.6 is 23.2 Å². The van der Waals surface area contributed by atoms with Gasteiger partial charge in [-0.15, -0.1) is 23.2 Å². The topological polar surface area (TPSA) is 46.9 Å². The third-order valence-corrected chi connectivity index (χ3v) is 2.25. The lowest BCUT2D eigenvalue weighted by Gasteiger charge is -2.23. The monoisotopic (exact) mass is 327 g/mol. The van der Waals surface area contributed by atoms with Gasteiger partial charge in [0.1, 0.15) is 0 Å². The summed E-state index contributed by atoms with van der Waals surface area (Å²) in [5.74, 6) is 1.12. The van der Waals surface area contributed by atoms with E-state index >= 15 is 0 Å². The largest absolute Gasteiger partial charge is 0.389 e. The van der Waals surface area contributed by atoms with E-state index in [0.717, 1.165) is 0 Å². The summed E-state index contributed by atoms with van der Waals surface area (Å²) < 4.78 is 0. The lowest BCUT2D eigenvalue weighted by Crippen LogP contribution is -2.41. The van der Waals surface area contributed by atoms with Crippen molar-refractivity contribution >= 4 is 31.6 Å². The van der Waals surface area contributed by atoms with Gasteiger partial charge in [-0.05, 0) is 28.2 Å². The number of aliphatic hydroxyl groups excluding tert-OH is 2. The van der Waals surface area contributed by atoms with Crippen molar-refractivity contribution in [3.63, 3.8) is 0 Å². The molecule has 0 saturated heterocycles. The minimum atomic E-state index is -0.664. The molecule has 0 aromatic carbocycles. The standard InChI is InChI=1S/C8H20N2O2.C4H6Cl2.CH4.B/c1-9(2)5-7(11)8(12)6-10(3)4;5-3-1-2-4-6;;/h7-8,11-12H,5-6H2,1-4H3;1-2H,3-4H2;1H4;/b;2-1+;;/t7-,8-;;;/m0.../s1. The van der Waals surface area contributed by atoms with E-state index in [9.17, 15) is 10.2 Å². The highest BCUT2D eigenvalue weighted by Gasteiger charge is 2.17. The van der Waals surface area contributed by atoms with E-state index < -0.39 is 12.2 Å². The van der Waals surface area contributed by atoms with Crippen molar-refractivity contribution < 1.29 is 10.2 Å². The SMILES string of the molecule is C.CN(C)C[C@H](O)[C@@H](O)CN(C)C.ClC/C=C/CCl.[B]. The molecule has 0 unspecified atom stereocenters. The molecule has 0 bridgehead atoms. The maximum absolute atomic E-state index is 9.42. The second-order valence-electron chi connectivity index (χ2n) is 4.44. The summed E-state index contributed by atoms with van der Waals surface area (Å²) in [7, 11) is 7.47. The number of rotatable bonds is 7. The van der Waals surface area contributed by atoms with E-state index in [1.54, 1.807) is 0 Å². The molecule has 0 amide bonds. The summed E-state index contributed by atoms with van der Waals surface area (Å²) in [6.07, 6.45) is 2.30. The van der Waals surface area contributed by atoms with Crippen molar-refractivity contribution in [3.05, 3.63) is 12.2 Å². The van der Waals surface area contributed by atoms with Crippen LogP contribution in [0.1, 0.15) is 7.43 Å². The molecule has 0 aliphatic heterocycles. The average molecular weight is 328 g/mol. The van der Waals surface area contributed by atoms with E-state index in [4.69, 9.17) is 23.2 Å². The summed E-state index contributed by atoms with van der Waals surface area (Å²) in [4.78, 5) is 3.70. The van der Waals surface area contributed by atoms with Crippen molar-refractivity contribution in [2.24, 2.45) is 0 Å². The lowest BCUT2D eigenvalue weighted by molar-refractivity contribution is -0.00655. The molecular formula is C13H30BCl2N2O2. The number of hydrogen-bond acceptors (Lipinski definition) is 4. The van der Waals surface area contributed by atoms with E-state index in [2.05, 4.69) is 0 Å². The van der Waals surface area contributed by atoms with Gasteiger partial charge in [-0.25, -0.2) is 0 Å². The third-order valence-electron chi connectivity index (χ3n) is 1.89. The molecule has 20 heavy (non-hydrogen) atoms. The second kappa shape index (κ2) is 19.2. The summed E-state index contributed by atoms with van der Waals surface area (Å²) in [5.41, 5.74) is 0. The molecule has 0 aliphatic rings. The molecule has 0 saturated carbocycles. The molecule has 0 aromatic heterocycles. The molecule has 0 spiro atoms. The fourth-order valence-corrected chi connectivity index (χ4v) is 1.37. The smallest absolute Gasteiger partial charge is 0.0937 e. The Morgan fingerprint density at radius 3 is 1.25 bits per heavy atom. The summed E-state index contributed by atoms with van der Waals surface area (Å²) in [6.45, 7) is 0.990. The first-order valence-electron chi connectivity index (χ1n) is 5.77. The molecule has 2 atom stereocenters. The van der Waals surface area contributed by atoms with Gasteiger partial charge in [0, 0.05) is 33.3 Å². The molecule has 2 N–H and O–H groups in total. The zero-order valence-electron chi connectivity index (χ0n) is 12.3. The Balaban J connectivity index is -0.000000139. The van der Waals surface area contributed by atoms with Gasteiger partial charge in [0.2, 0.25) is 0 Å². The Labute approximate surface area is 136 Å². The molecule has 4 nitrogen and oxygen atoms in total. The Bertz CT molecular complexity index is 189. The van der Waals surface area contributed by atoms with Gasteiger partial charge in [-0.1, -0.05) is 19.6 Å². The van der Waals surface area contributed by atoms with Gasteiger partial charge in [0.25, 0.3) is 0 Å². The number of hydrogen-bond donors (Lipinski definition) is 2. The average Bonchev–Trinajstić information content (AvgIpc) is 2.25. The number of aliphatic hydroxyl groups is 2. The second-order valence-corrected chi connectivity index (χ2v) is 5.06.